The summed E-state index contributed by atoms with van der Waals surface area (Å²) in [5, 5.41) is 8.88. The van der Waals surface area contributed by atoms with Crippen LogP contribution >= 0.6 is 0 Å². The fourth-order valence-corrected chi connectivity index (χ4v) is 1.52. The smallest absolute Gasteiger partial charge is 0.358 e. The zero-order valence-corrected chi connectivity index (χ0v) is 9.51. The highest BCUT2D eigenvalue weighted by atomic mass is 19.1. The first-order valence-corrected chi connectivity index (χ1v) is 5.11. The van der Waals surface area contributed by atoms with Gasteiger partial charge in [-0.25, -0.2) is 19.2 Å². The van der Waals surface area contributed by atoms with Crippen molar-refractivity contribution < 1.29 is 14.3 Å². The number of aryl methyl sites for hydroxylation is 1. The van der Waals surface area contributed by atoms with Gasteiger partial charge in [0.1, 0.15) is 5.82 Å². The molecule has 0 radical (unpaired) electrons. The largest absolute Gasteiger partial charge is 0.476 e. The Morgan fingerprint density at radius 2 is 2.17 bits per heavy atom. The number of rotatable bonds is 2. The van der Waals surface area contributed by atoms with E-state index in [1.165, 1.54) is 12.3 Å². The van der Waals surface area contributed by atoms with Crippen LogP contribution in [0.5, 0.6) is 0 Å². The SMILES string of the molecule is Cc1ccc(F)c(-c2cnc(N)c(C(=O)O)n2)c1. The summed E-state index contributed by atoms with van der Waals surface area (Å²) in [7, 11) is 0. The maximum Gasteiger partial charge on any atom is 0.358 e. The van der Waals surface area contributed by atoms with Gasteiger partial charge in [-0.05, 0) is 19.1 Å². The lowest BCUT2D eigenvalue weighted by atomic mass is 10.1. The summed E-state index contributed by atoms with van der Waals surface area (Å²) in [5.41, 5.74) is 6.18. The van der Waals surface area contributed by atoms with Gasteiger partial charge >= 0.3 is 5.97 Å². The minimum absolute atomic E-state index is 0.141. The third kappa shape index (κ3) is 2.13. The Morgan fingerprint density at radius 1 is 1.44 bits per heavy atom. The Bertz CT molecular complexity index is 629. The number of hydrogen-bond donors (Lipinski definition) is 2. The molecule has 0 saturated carbocycles. The van der Waals surface area contributed by atoms with Crippen molar-refractivity contribution in [2.24, 2.45) is 0 Å². The van der Waals surface area contributed by atoms with Gasteiger partial charge in [0.15, 0.2) is 11.5 Å². The third-order valence-corrected chi connectivity index (χ3v) is 2.40. The molecule has 0 amide bonds. The monoisotopic (exact) mass is 247 g/mol. The minimum atomic E-state index is -1.30. The lowest BCUT2D eigenvalue weighted by molar-refractivity contribution is 0.0691. The predicted octanol–water partition coefficient (Wildman–Crippen LogP) is 1.87. The van der Waals surface area contributed by atoms with Gasteiger partial charge in [-0.15, -0.1) is 0 Å². The number of nitrogens with zero attached hydrogens (tertiary/aromatic N) is 2. The van der Waals surface area contributed by atoms with Crippen LogP contribution in [0, 0.1) is 12.7 Å². The van der Waals surface area contributed by atoms with Gasteiger partial charge in [0.25, 0.3) is 0 Å². The molecule has 2 rings (SSSR count). The quantitative estimate of drug-likeness (QED) is 0.845. The first kappa shape index (κ1) is 12.0. The lowest BCUT2D eigenvalue weighted by Gasteiger charge is -2.06. The topological polar surface area (TPSA) is 89.1 Å². The molecule has 0 bridgehead atoms. The molecule has 1 heterocycles. The lowest BCUT2D eigenvalue weighted by Crippen LogP contribution is -2.08. The summed E-state index contributed by atoms with van der Waals surface area (Å²) < 4.78 is 13.6. The van der Waals surface area contributed by atoms with E-state index >= 15 is 0 Å². The van der Waals surface area contributed by atoms with Crippen molar-refractivity contribution in [2.75, 3.05) is 5.73 Å². The Labute approximate surface area is 102 Å². The molecule has 1 aromatic heterocycles. The molecule has 6 heteroatoms. The molecule has 3 N–H and O–H groups in total. The van der Waals surface area contributed by atoms with Crippen LogP contribution in [-0.2, 0) is 0 Å². The van der Waals surface area contributed by atoms with Crippen LogP contribution in [0.2, 0.25) is 0 Å². The Morgan fingerprint density at radius 3 is 2.83 bits per heavy atom. The fraction of sp³-hybridized carbons (Fsp3) is 0.0833. The summed E-state index contributed by atoms with van der Waals surface area (Å²) in [5.74, 6) is -1.98. The van der Waals surface area contributed by atoms with Gasteiger partial charge in [0, 0.05) is 5.56 Å². The average molecular weight is 247 g/mol. The molecule has 0 spiro atoms. The number of aromatic nitrogens is 2. The number of aromatic carboxylic acids is 1. The fourth-order valence-electron chi connectivity index (χ4n) is 1.52. The standard InChI is InChI=1S/C12H10FN3O2/c1-6-2-3-8(13)7(4-6)9-5-15-11(14)10(16-9)12(17)18/h2-5H,1H3,(H2,14,15)(H,17,18). The number of anilines is 1. The molecule has 5 nitrogen and oxygen atoms in total. The van der Waals surface area contributed by atoms with Gasteiger partial charge in [-0.2, -0.15) is 0 Å². The van der Waals surface area contributed by atoms with E-state index in [4.69, 9.17) is 10.8 Å². The molecule has 0 aliphatic rings. The number of halogens is 1. The molecular weight excluding hydrogens is 237 g/mol. The molecule has 18 heavy (non-hydrogen) atoms. The molecule has 0 aliphatic carbocycles. The number of carboxylic acid groups (broad SMARTS) is 1. The van der Waals surface area contributed by atoms with Gasteiger partial charge in [-0.1, -0.05) is 11.6 Å². The number of benzene rings is 1. The van der Waals surface area contributed by atoms with E-state index in [0.29, 0.717) is 0 Å². The van der Waals surface area contributed by atoms with Crippen LogP contribution in [0.1, 0.15) is 16.1 Å². The second-order valence-corrected chi connectivity index (χ2v) is 3.78. The summed E-state index contributed by atoms with van der Waals surface area (Å²) in [4.78, 5) is 18.4. The van der Waals surface area contributed by atoms with Crippen LogP contribution in [-0.4, -0.2) is 21.0 Å². The van der Waals surface area contributed by atoms with Crippen LogP contribution in [0.4, 0.5) is 10.2 Å². The molecule has 0 aliphatic heterocycles. The molecule has 0 fully saturated rings. The second kappa shape index (κ2) is 4.40. The summed E-state index contributed by atoms with van der Waals surface area (Å²) in [6.45, 7) is 1.80. The highest BCUT2D eigenvalue weighted by Crippen LogP contribution is 2.22. The number of nitrogens with two attached hydrogens (primary N) is 1. The highest BCUT2D eigenvalue weighted by molar-refractivity contribution is 5.90. The van der Waals surface area contributed by atoms with Gasteiger partial charge in [0.05, 0.1) is 11.9 Å². The zero-order valence-electron chi connectivity index (χ0n) is 9.51. The number of carboxylic acids is 1. The van der Waals surface area contributed by atoms with E-state index in [2.05, 4.69) is 9.97 Å². The van der Waals surface area contributed by atoms with E-state index in [0.717, 1.165) is 5.56 Å². The molecule has 1 aromatic carbocycles. The third-order valence-electron chi connectivity index (χ3n) is 2.40. The van der Waals surface area contributed by atoms with Crippen LogP contribution in [0.15, 0.2) is 24.4 Å². The molecule has 0 saturated heterocycles. The van der Waals surface area contributed by atoms with E-state index in [1.807, 2.05) is 0 Å². The normalized spacial score (nSPS) is 10.3. The first-order chi connectivity index (χ1) is 8.49. The predicted molar refractivity (Wildman–Crippen MR) is 63.5 cm³/mol. The van der Waals surface area contributed by atoms with Crippen molar-refractivity contribution in [3.63, 3.8) is 0 Å². The highest BCUT2D eigenvalue weighted by Gasteiger charge is 2.15. The number of carbonyl (C=O) groups is 1. The molecule has 0 unspecified atom stereocenters. The van der Waals surface area contributed by atoms with Crippen molar-refractivity contribution in [3.8, 4) is 11.3 Å². The Balaban J connectivity index is 2.61. The van der Waals surface area contributed by atoms with Crippen molar-refractivity contribution in [2.45, 2.75) is 6.92 Å². The zero-order chi connectivity index (χ0) is 13.3. The van der Waals surface area contributed by atoms with Crippen LogP contribution in [0.25, 0.3) is 11.3 Å². The maximum atomic E-state index is 13.6. The summed E-state index contributed by atoms with van der Waals surface area (Å²) in [6, 6.07) is 4.48. The van der Waals surface area contributed by atoms with Crippen molar-refractivity contribution in [3.05, 3.63) is 41.5 Å². The average Bonchev–Trinajstić information content (AvgIpc) is 2.33. The van der Waals surface area contributed by atoms with E-state index in [9.17, 15) is 9.18 Å². The van der Waals surface area contributed by atoms with Crippen LogP contribution < -0.4 is 5.73 Å². The van der Waals surface area contributed by atoms with E-state index < -0.39 is 11.8 Å². The number of hydrogen-bond acceptors (Lipinski definition) is 4. The second-order valence-electron chi connectivity index (χ2n) is 3.78. The van der Waals surface area contributed by atoms with Crippen molar-refractivity contribution in [1.29, 1.82) is 0 Å². The molecular formula is C12H10FN3O2. The maximum absolute atomic E-state index is 13.6. The number of nitrogen functional groups attached to an aromatic ring is 1. The molecule has 92 valence electrons. The first-order valence-electron chi connectivity index (χ1n) is 5.11. The molecule has 2 aromatic rings. The van der Waals surface area contributed by atoms with E-state index in [-0.39, 0.29) is 22.8 Å². The van der Waals surface area contributed by atoms with Gasteiger partial charge in [-0.3, -0.25) is 0 Å². The summed E-state index contributed by atoms with van der Waals surface area (Å²) in [6.07, 6.45) is 1.25. The minimum Gasteiger partial charge on any atom is -0.476 e. The Kier molecular flexibility index (Phi) is 2.93. The van der Waals surface area contributed by atoms with Crippen molar-refractivity contribution >= 4 is 11.8 Å². The van der Waals surface area contributed by atoms with E-state index in [1.54, 1.807) is 19.1 Å². The Hall–Kier alpha value is -2.50. The van der Waals surface area contributed by atoms with Crippen molar-refractivity contribution in [1.82, 2.24) is 9.97 Å². The molecule has 0 atom stereocenters. The summed E-state index contributed by atoms with van der Waals surface area (Å²) >= 11 is 0. The van der Waals surface area contributed by atoms with Crippen LogP contribution in [0.3, 0.4) is 0 Å². The van der Waals surface area contributed by atoms with Gasteiger partial charge < -0.3 is 10.8 Å². The van der Waals surface area contributed by atoms with Gasteiger partial charge in [0.2, 0.25) is 0 Å².